The molecular formula is C16H21N3O. The zero-order valence-corrected chi connectivity index (χ0v) is 12.3. The number of rotatable bonds is 5. The van der Waals surface area contributed by atoms with Gasteiger partial charge in [0, 0.05) is 13.6 Å². The van der Waals surface area contributed by atoms with Crippen molar-refractivity contribution in [1.29, 1.82) is 0 Å². The topological polar surface area (TPSA) is 51.4 Å². The van der Waals surface area contributed by atoms with Gasteiger partial charge >= 0.3 is 0 Å². The summed E-state index contributed by atoms with van der Waals surface area (Å²) in [5.41, 5.74) is 8.93. The number of nitrogen functional groups attached to an aromatic ring is 1. The largest absolute Gasteiger partial charge is 0.476 e. The average molecular weight is 271 g/mol. The van der Waals surface area contributed by atoms with Crippen molar-refractivity contribution < 1.29 is 4.74 Å². The molecule has 0 aliphatic heterocycles. The summed E-state index contributed by atoms with van der Waals surface area (Å²) < 4.78 is 5.43. The first-order valence-electron chi connectivity index (χ1n) is 6.76. The summed E-state index contributed by atoms with van der Waals surface area (Å²) in [6.45, 7) is 5.37. The minimum atomic E-state index is 0.501. The van der Waals surface area contributed by atoms with Crippen LogP contribution in [-0.4, -0.2) is 18.6 Å². The summed E-state index contributed by atoms with van der Waals surface area (Å²) in [6, 6.07) is 12.2. The number of nitrogens with two attached hydrogens (primary N) is 1. The molecule has 1 heterocycles. The van der Waals surface area contributed by atoms with Crippen LogP contribution in [-0.2, 0) is 6.54 Å². The van der Waals surface area contributed by atoms with Gasteiger partial charge in [0.2, 0.25) is 5.88 Å². The Labute approximate surface area is 120 Å². The van der Waals surface area contributed by atoms with Crippen molar-refractivity contribution in [1.82, 2.24) is 4.98 Å². The van der Waals surface area contributed by atoms with E-state index in [9.17, 15) is 0 Å². The number of anilines is 2. The maximum atomic E-state index is 5.84. The normalized spacial score (nSPS) is 10.3. The van der Waals surface area contributed by atoms with E-state index in [2.05, 4.69) is 41.1 Å². The van der Waals surface area contributed by atoms with Crippen molar-refractivity contribution in [3.05, 3.63) is 47.5 Å². The monoisotopic (exact) mass is 271 g/mol. The molecule has 0 saturated heterocycles. The lowest BCUT2D eigenvalue weighted by molar-refractivity contribution is 0.329. The zero-order chi connectivity index (χ0) is 14.5. The van der Waals surface area contributed by atoms with Gasteiger partial charge in [-0.1, -0.05) is 29.8 Å². The molecule has 1 aromatic heterocycles. The van der Waals surface area contributed by atoms with Gasteiger partial charge in [-0.05, 0) is 31.5 Å². The van der Waals surface area contributed by atoms with Crippen LogP contribution in [0.1, 0.15) is 18.1 Å². The first-order chi connectivity index (χ1) is 9.60. The van der Waals surface area contributed by atoms with Crippen molar-refractivity contribution in [3.8, 4) is 5.88 Å². The van der Waals surface area contributed by atoms with Crippen molar-refractivity contribution in [3.63, 3.8) is 0 Å². The van der Waals surface area contributed by atoms with Gasteiger partial charge in [0.25, 0.3) is 0 Å². The van der Waals surface area contributed by atoms with Crippen LogP contribution in [0.15, 0.2) is 36.4 Å². The smallest absolute Gasteiger partial charge is 0.239 e. The molecule has 4 heteroatoms. The summed E-state index contributed by atoms with van der Waals surface area (Å²) in [6.07, 6.45) is 0. The lowest BCUT2D eigenvalue weighted by Gasteiger charge is -2.19. The lowest BCUT2D eigenvalue weighted by Crippen LogP contribution is -2.18. The molecule has 0 aliphatic carbocycles. The highest BCUT2D eigenvalue weighted by Crippen LogP contribution is 2.23. The molecule has 0 spiro atoms. The first-order valence-corrected chi connectivity index (χ1v) is 6.76. The second-order valence-electron chi connectivity index (χ2n) is 4.84. The average Bonchev–Trinajstić information content (AvgIpc) is 2.41. The summed E-state index contributed by atoms with van der Waals surface area (Å²) >= 11 is 0. The van der Waals surface area contributed by atoms with Gasteiger partial charge < -0.3 is 15.4 Å². The molecule has 20 heavy (non-hydrogen) atoms. The SMILES string of the molecule is CCOc1nc(N(C)Cc2cccc(C)c2)ccc1N. The van der Waals surface area contributed by atoms with E-state index in [0.29, 0.717) is 18.2 Å². The van der Waals surface area contributed by atoms with Crippen LogP contribution in [0, 0.1) is 6.92 Å². The summed E-state index contributed by atoms with van der Waals surface area (Å²) in [4.78, 5) is 6.54. The highest BCUT2D eigenvalue weighted by Gasteiger charge is 2.08. The Kier molecular flexibility index (Phi) is 4.45. The molecule has 4 nitrogen and oxygen atoms in total. The van der Waals surface area contributed by atoms with Crippen LogP contribution in [0.4, 0.5) is 11.5 Å². The van der Waals surface area contributed by atoms with E-state index in [1.165, 1.54) is 11.1 Å². The number of hydrogen-bond donors (Lipinski definition) is 1. The quantitative estimate of drug-likeness (QED) is 0.908. The third-order valence-corrected chi connectivity index (χ3v) is 3.05. The van der Waals surface area contributed by atoms with E-state index in [-0.39, 0.29) is 0 Å². The molecule has 0 aliphatic rings. The molecule has 1 aromatic carbocycles. The van der Waals surface area contributed by atoms with Gasteiger partial charge in [-0.3, -0.25) is 0 Å². The van der Waals surface area contributed by atoms with E-state index >= 15 is 0 Å². The van der Waals surface area contributed by atoms with E-state index in [1.807, 2.05) is 26.1 Å². The second-order valence-corrected chi connectivity index (χ2v) is 4.84. The number of nitrogens with zero attached hydrogens (tertiary/aromatic N) is 2. The number of hydrogen-bond acceptors (Lipinski definition) is 4. The molecule has 2 N–H and O–H groups in total. The number of aryl methyl sites for hydroxylation is 1. The minimum Gasteiger partial charge on any atom is -0.476 e. The Morgan fingerprint density at radius 3 is 2.75 bits per heavy atom. The van der Waals surface area contributed by atoms with Crippen LogP contribution < -0.4 is 15.4 Å². The number of ether oxygens (including phenoxy) is 1. The Hall–Kier alpha value is -2.23. The van der Waals surface area contributed by atoms with Crippen molar-refractivity contribution in [2.24, 2.45) is 0 Å². The third kappa shape index (κ3) is 3.41. The molecule has 0 radical (unpaired) electrons. The van der Waals surface area contributed by atoms with Gasteiger partial charge in [-0.25, -0.2) is 0 Å². The molecule has 106 valence electrons. The van der Waals surface area contributed by atoms with Crippen molar-refractivity contribution in [2.45, 2.75) is 20.4 Å². The standard InChI is InChI=1S/C16H21N3O/c1-4-20-16-14(17)8-9-15(18-16)19(3)11-13-7-5-6-12(2)10-13/h5-10H,4,11,17H2,1-3H3. The Balaban J connectivity index is 2.16. The molecular weight excluding hydrogens is 250 g/mol. The minimum absolute atomic E-state index is 0.501. The van der Waals surface area contributed by atoms with Crippen LogP contribution in [0.3, 0.4) is 0 Å². The van der Waals surface area contributed by atoms with E-state index < -0.39 is 0 Å². The Bertz CT molecular complexity index is 584. The number of pyridine rings is 1. The molecule has 0 amide bonds. The molecule has 2 aromatic rings. The van der Waals surface area contributed by atoms with Gasteiger partial charge in [-0.2, -0.15) is 4.98 Å². The Morgan fingerprint density at radius 2 is 2.05 bits per heavy atom. The van der Waals surface area contributed by atoms with Gasteiger partial charge in [0.15, 0.2) is 0 Å². The Morgan fingerprint density at radius 1 is 1.25 bits per heavy atom. The fraction of sp³-hybridized carbons (Fsp3) is 0.312. The summed E-state index contributed by atoms with van der Waals surface area (Å²) in [5.74, 6) is 1.35. The fourth-order valence-electron chi connectivity index (χ4n) is 2.07. The molecule has 0 unspecified atom stereocenters. The van der Waals surface area contributed by atoms with Gasteiger partial charge in [-0.15, -0.1) is 0 Å². The van der Waals surface area contributed by atoms with Crippen LogP contribution >= 0.6 is 0 Å². The van der Waals surface area contributed by atoms with Crippen LogP contribution in [0.25, 0.3) is 0 Å². The molecule has 0 atom stereocenters. The predicted molar refractivity (Wildman–Crippen MR) is 83.1 cm³/mol. The zero-order valence-electron chi connectivity index (χ0n) is 12.3. The summed E-state index contributed by atoms with van der Waals surface area (Å²) in [5, 5.41) is 0. The fourth-order valence-corrected chi connectivity index (χ4v) is 2.07. The van der Waals surface area contributed by atoms with Crippen LogP contribution in [0.5, 0.6) is 5.88 Å². The van der Waals surface area contributed by atoms with Gasteiger partial charge in [0.05, 0.1) is 12.3 Å². The lowest BCUT2D eigenvalue weighted by atomic mass is 10.1. The first kappa shape index (κ1) is 14.2. The predicted octanol–water partition coefficient (Wildman–Crippen LogP) is 3.01. The maximum absolute atomic E-state index is 5.84. The highest BCUT2D eigenvalue weighted by atomic mass is 16.5. The van der Waals surface area contributed by atoms with E-state index in [0.717, 1.165) is 12.4 Å². The summed E-state index contributed by atoms with van der Waals surface area (Å²) in [7, 11) is 2.01. The molecule has 0 saturated carbocycles. The second kappa shape index (κ2) is 6.28. The molecule has 0 bridgehead atoms. The van der Waals surface area contributed by atoms with Crippen molar-refractivity contribution >= 4 is 11.5 Å². The molecule has 2 rings (SSSR count). The van der Waals surface area contributed by atoms with Crippen LogP contribution in [0.2, 0.25) is 0 Å². The maximum Gasteiger partial charge on any atom is 0.239 e. The van der Waals surface area contributed by atoms with E-state index in [4.69, 9.17) is 10.5 Å². The highest BCUT2D eigenvalue weighted by molar-refractivity contribution is 5.54. The van der Waals surface area contributed by atoms with E-state index in [1.54, 1.807) is 0 Å². The van der Waals surface area contributed by atoms with Crippen molar-refractivity contribution in [2.75, 3.05) is 24.3 Å². The number of aromatic nitrogens is 1. The molecule has 0 fully saturated rings. The van der Waals surface area contributed by atoms with Gasteiger partial charge in [0.1, 0.15) is 5.82 Å². The number of benzene rings is 1. The third-order valence-electron chi connectivity index (χ3n) is 3.05.